The maximum absolute atomic E-state index is 10.1. The summed E-state index contributed by atoms with van der Waals surface area (Å²) in [4.78, 5) is 0. The summed E-state index contributed by atoms with van der Waals surface area (Å²) in [7, 11) is 0. The fraction of sp³-hybridized carbons (Fsp3) is 0.400. The van der Waals surface area contributed by atoms with Crippen molar-refractivity contribution in [1.82, 2.24) is 0 Å². The number of benzene rings is 1. The molecule has 98 valence electrons. The van der Waals surface area contributed by atoms with Gasteiger partial charge in [-0.05, 0) is 37.0 Å². The Labute approximate surface area is 109 Å². The highest BCUT2D eigenvalue weighted by Crippen LogP contribution is 2.31. The highest BCUT2D eigenvalue weighted by atomic mass is 16.3. The highest BCUT2D eigenvalue weighted by Gasteiger charge is 2.10. The maximum atomic E-state index is 10.1. The van der Waals surface area contributed by atoms with Crippen molar-refractivity contribution in [1.29, 1.82) is 0 Å². The predicted molar refractivity (Wildman–Crippen MR) is 78.3 cm³/mol. The third-order valence-electron chi connectivity index (χ3n) is 2.97. The zero-order chi connectivity index (χ0) is 13.7. The van der Waals surface area contributed by atoms with E-state index in [-0.39, 0.29) is 5.75 Å². The number of anilines is 1. The van der Waals surface area contributed by atoms with Crippen LogP contribution >= 0.6 is 0 Å². The van der Waals surface area contributed by atoms with E-state index in [0.29, 0.717) is 11.6 Å². The minimum absolute atomic E-state index is 0.230. The molecule has 1 N–H and O–H groups in total. The van der Waals surface area contributed by atoms with Gasteiger partial charge in [0.2, 0.25) is 0 Å². The second kappa shape index (κ2) is 6.24. The summed E-state index contributed by atoms with van der Waals surface area (Å²) in [5.41, 5.74) is 2.94. The molecule has 0 aromatic heterocycles. The zero-order valence-corrected chi connectivity index (χ0v) is 11.6. The average Bonchev–Trinajstić information content (AvgIpc) is 2.35. The monoisotopic (exact) mass is 246 g/mol. The minimum atomic E-state index is 0.230. The molecule has 1 rings (SSSR count). The lowest BCUT2D eigenvalue weighted by Gasteiger charge is -2.17. The van der Waals surface area contributed by atoms with Gasteiger partial charge >= 0.3 is 0 Å². The molecular weight excluding hydrogens is 224 g/mol. The Morgan fingerprint density at radius 3 is 2.61 bits per heavy atom. The Bertz CT molecular complexity index is 450. The van der Waals surface area contributed by atoms with E-state index in [4.69, 9.17) is 0 Å². The molecular formula is C15H22N2O. The molecule has 0 spiro atoms. The van der Waals surface area contributed by atoms with Crippen LogP contribution in [-0.2, 0) is 0 Å². The third-order valence-corrected chi connectivity index (χ3v) is 2.97. The van der Waals surface area contributed by atoms with E-state index < -0.39 is 0 Å². The summed E-state index contributed by atoms with van der Waals surface area (Å²) in [5.74, 6) is 0.622. The van der Waals surface area contributed by atoms with Crippen LogP contribution in [0.5, 0.6) is 5.75 Å². The molecule has 18 heavy (non-hydrogen) atoms. The van der Waals surface area contributed by atoms with Crippen molar-refractivity contribution in [2.24, 2.45) is 5.10 Å². The van der Waals surface area contributed by atoms with E-state index in [1.54, 1.807) is 11.1 Å². The van der Waals surface area contributed by atoms with Crippen molar-refractivity contribution in [2.45, 2.75) is 40.0 Å². The normalized spacial score (nSPS) is 11.7. The molecule has 0 aliphatic rings. The lowest BCUT2D eigenvalue weighted by atomic mass is 10.0. The van der Waals surface area contributed by atoms with Crippen LogP contribution in [0.2, 0.25) is 0 Å². The number of nitrogens with zero attached hydrogens (tertiary/aromatic N) is 2. The molecule has 0 unspecified atom stereocenters. The molecule has 1 aromatic rings. The van der Waals surface area contributed by atoms with Crippen LogP contribution in [0.25, 0.3) is 0 Å². The zero-order valence-electron chi connectivity index (χ0n) is 11.6. The van der Waals surface area contributed by atoms with Crippen LogP contribution in [-0.4, -0.2) is 11.8 Å². The Morgan fingerprint density at radius 2 is 2.17 bits per heavy atom. The molecule has 0 amide bonds. The number of hydrogen-bond acceptors (Lipinski definition) is 3. The summed E-state index contributed by atoms with van der Waals surface area (Å²) in [5, 5.41) is 15.6. The van der Waals surface area contributed by atoms with Gasteiger partial charge in [-0.3, -0.25) is 0 Å². The van der Waals surface area contributed by atoms with Crippen molar-refractivity contribution in [3.63, 3.8) is 0 Å². The molecule has 3 heteroatoms. The fourth-order valence-electron chi connectivity index (χ4n) is 1.58. The van der Waals surface area contributed by atoms with Gasteiger partial charge < -0.3 is 5.11 Å². The van der Waals surface area contributed by atoms with Crippen molar-refractivity contribution in [3.8, 4) is 5.75 Å². The van der Waals surface area contributed by atoms with Crippen LogP contribution in [0.1, 0.15) is 45.6 Å². The van der Waals surface area contributed by atoms with Crippen LogP contribution in [0.4, 0.5) is 5.69 Å². The second-order valence-corrected chi connectivity index (χ2v) is 4.72. The highest BCUT2D eigenvalue weighted by molar-refractivity contribution is 5.61. The molecule has 0 heterocycles. The van der Waals surface area contributed by atoms with Crippen molar-refractivity contribution >= 4 is 12.4 Å². The van der Waals surface area contributed by atoms with Crippen molar-refractivity contribution < 1.29 is 5.11 Å². The number of rotatable bonds is 5. The van der Waals surface area contributed by atoms with Crippen LogP contribution in [0, 0.1) is 0 Å². The molecule has 3 nitrogen and oxygen atoms in total. The summed E-state index contributed by atoms with van der Waals surface area (Å²) >= 11 is 0. The first kappa shape index (κ1) is 14.3. The van der Waals surface area contributed by atoms with E-state index in [1.807, 2.05) is 25.3 Å². The smallest absolute Gasteiger partial charge is 0.141 e. The van der Waals surface area contributed by atoms with Crippen LogP contribution < -0.4 is 5.01 Å². The van der Waals surface area contributed by atoms with E-state index in [2.05, 4.69) is 32.6 Å². The number of aromatic hydroxyl groups is 1. The molecule has 0 fully saturated rings. The van der Waals surface area contributed by atoms with Gasteiger partial charge in [-0.2, -0.15) is 5.10 Å². The summed E-state index contributed by atoms with van der Waals surface area (Å²) in [6, 6.07) is 5.67. The molecule has 0 saturated carbocycles. The second-order valence-electron chi connectivity index (χ2n) is 4.72. The van der Waals surface area contributed by atoms with Crippen molar-refractivity contribution in [3.05, 3.63) is 35.5 Å². The molecule has 0 atom stereocenters. The molecule has 0 radical (unpaired) electrons. The lowest BCUT2D eigenvalue weighted by molar-refractivity contribution is 0.474. The van der Waals surface area contributed by atoms with Gasteiger partial charge in [0.25, 0.3) is 0 Å². The van der Waals surface area contributed by atoms with Gasteiger partial charge in [0, 0.05) is 12.9 Å². The van der Waals surface area contributed by atoms with Gasteiger partial charge in [0.15, 0.2) is 0 Å². The van der Waals surface area contributed by atoms with Gasteiger partial charge in [-0.25, -0.2) is 5.01 Å². The lowest BCUT2D eigenvalue weighted by Crippen LogP contribution is -2.08. The molecule has 0 aliphatic carbocycles. The minimum Gasteiger partial charge on any atom is -0.506 e. The standard InChI is InChI=1S/C15H22N2O/c1-6-12(4)10-17(16-5)14-8-7-13(11(2)3)9-15(14)18/h7-11,18H,5-6H2,1-4H3/b12-10-. The molecule has 0 aliphatic heterocycles. The van der Waals surface area contributed by atoms with Crippen LogP contribution in [0.15, 0.2) is 35.1 Å². The van der Waals surface area contributed by atoms with Crippen LogP contribution in [0.3, 0.4) is 0 Å². The Kier molecular flexibility index (Phi) is 4.95. The number of phenolic OH excluding ortho intramolecular Hbond substituents is 1. The van der Waals surface area contributed by atoms with E-state index in [0.717, 1.165) is 12.0 Å². The topological polar surface area (TPSA) is 35.8 Å². The average molecular weight is 246 g/mol. The van der Waals surface area contributed by atoms with E-state index >= 15 is 0 Å². The Hall–Kier alpha value is -1.77. The number of hydrazone groups is 1. The summed E-state index contributed by atoms with van der Waals surface area (Å²) in [6.07, 6.45) is 2.83. The van der Waals surface area contributed by atoms with E-state index in [9.17, 15) is 5.11 Å². The quantitative estimate of drug-likeness (QED) is 0.622. The number of allylic oxidation sites excluding steroid dienone is 1. The number of phenols is 1. The Balaban J connectivity index is 3.11. The summed E-state index contributed by atoms with van der Waals surface area (Å²) < 4.78 is 0. The first-order chi connectivity index (χ1) is 8.49. The maximum Gasteiger partial charge on any atom is 0.141 e. The van der Waals surface area contributed by atoms with Crippen molar-refractivity contribution in [2.75, 3.05) is 5.01 Å². The number of hydrogen-bond donors (Lipinski definition) is 1. The third kappa shape index (κ3) is 3.36. The fourth-order valence-corrected chi connectivity index (χ4v) is 1.58. The van der Waals surface area contributed by atoms with E-state index in [1.165, 1.54) is 5.57 Å². The molecule has 0 bridgehead atoms. The molecule has 1 aromatic carbocycles. The van der Waals surface area contributed by atoms with Gasteiger partial charge in [-0.15, -0.1) is 0 Å². The van der Waals surface area contributed by atoms with Gasteiger partial charge in [0.05, 0.1) is 0 Å². The van der Waals surface area contributed by atoms with Gasteiger partial charge in [0.1, 0.15) is 11.4 Å². The largest absolute Gasteiger partial charge is 0.506 e. The molecule has 0 saturated heterocycles. The predicted octanol–water partition coefficient (Wildman–Crippen LogP) is 4.25. The first-order valence-corrected chi connectivity index (χ1v) is 6.25. The first-order valence-electron chi connectivity index (χ1n) is 6.25. The van der Waals surface area contributed by atoms with Gasteiger partial charge in [-0.1, -0.05) is 32.4 Å². The SMILES string of the molecule is C=NN(/C=C(/C)CC)c1ccc(C(C)C)cc1O. The Morgan fingerprint density at radius 1 is 1.50 bits per heavy atom. The summed E-state index contributed by atoms with van der Waals surface area (Å²) in [6.45, 7) is 11.8.